The maximum atomic E-state index is 12.9. The molecule has 6 heteroatoms. The fourth-order valence-electron chi connectivity index (χ4n) is 4.43. The highest BCUT2D eigenvalue weighted by atomic mass is 16.7. The summed E-state index contributed by atoms with van der Waals surface area (Å²) >= 11 is 0. The summed E-state index contributed by atoms with van der Waals surface area (Å²) in [5.41, 5.74) is 1.27. The summed E-state index contributed by atoms with van der Waals surface area (Å²) in [6.07, 6.45) is 2.93. The minimum atomic E-state index is 0.0190. The Morgan fingerprint density at radius 1 is 1.19 bits per heavy atom. The van der Waals surface area contributed by atoms with Gasteiger partial charge in [0, 0.05) is 38.1 Å². The lowest BCUT2D eigenvalue weighted by Crippen LogP contribution is -2.53. The molecule has 3 aliphatic heterocycles. The zero-order valence-electron chi connectivity index (χ0n) is 15.4. The summed E-state index contributed by atoms with van der Waals surface area (Å²) in [6, 6.07) is 8.23. The van der Waals surface area contributed by atoms with Crippen molar-refractivity contribution in [3.05, 3.63) is 29.8 Å². The maximum absolute atomic E-state index is 12.9. The molecular formula is C20H28N2O4. The van der Waals surface area contributed by atoms with Gasteiger partial charge in [-0.25, -0.2) is 5.06 Å². The van der Waals surface area contributed by atoms with Gasteiger partial charge in [-0.2, -0.15) is 0 Å². The van der Waals surface area contributed by atoms with Crippen molar-refractivity contribution in [1.29, 1.82) is 0 Å². The number of carbonyl (C=O) groups is 1. The first-order valence-corrected chi connectivity index (χ1v) is 9.66. The number of hydrogen-bond donors (Lipinski definition) is 0. The second kappa shape index (κ2) is 7.94. The van der Waals surface area contributed by atoms with Gasteiger partial charge in [0.1, 0.15) is 5.75 Å². The number of likely N-dealkylation sites (tertiary alicyclic amines) is 1. The molecule has 3 atom stereocenters. The molecule has 0 aromatic heterocycles. The molecule has 4 rings (SSSR count). The highest BCUT2D eigenvalue weighted by molar-refractivity contribution is 5.78. The molecule has 0 spiro atoms. The van der Waals surface area contributed by atoms with E-state index in [0.29, 0.717) is 13.2 Å². The second-order valence-corrected chi connectivity index (χ2v) is 7.47. The van der Waals surface area contributed by atoms with Crippen molar-refractivity contribution in [1.82, 2.24) is 9.96 Å². The van der Waals surface area contributed by atoms with E-state index < -0.39 is 0 Å². The Labute approximate surface area is 154 Å². The van der Waals surface area contributed by atoms with Crippen molar-refractivity contribution < 1.29 is 19.1 Å². The quantitative estimate of drug-likeness (QED) is 0.823. The van der Waals surface area contributed by atoms with E-state index in [9.17, 15) is 4.79 Å². The van der Waals surface area contributed by atoms with Gasteiger partial charge in [-0.3, -0.25) is 14.5 Å². The molecule has 0 saturated carbocycles. The first kappa shape index (κ1) is 17.8. The lowest BCUT2D eigenvalue weighted by atomic mass is 9.78. The van der Waals surface area contributed by atoms with E-state index in [-0.39, 0.29) is 23.8 Å². The van der Waals surface area contributed by atoms with E-state index >= 15 is 0 Å². The molecule has 1 aromatic rings. The fraction of sp³-hybridized carbons (Fsp3) is 0.650. The number of rotatable bonds is 4. The molecule has 0 unspecified atom stereocenters. The Kier molecular flexibility index (Phi) is 5.43. The molecule has 3 heterocycles. The largest absolute Gasteiger partial charge is 0.497 e. The van der Waals surface area contributed by atoms with E-state index in [1.807, 2.05) is 12.1 Å². The van der Waals surface area contributed by atoms with E-state index in [1.54, 1.807) is 12.2 Å². The minimum Gasteiger partial charge on any atom is -0.497 e. The number of carbonyl (C=O) groups excluding carboxylic acids is 1. The highest BCUT2D eigenvalue weighted by Gasteiger charge is 2.43. The van der Waals surface area contributed by atoms with Crippen LogP contribution in [0.1, 0.15) is 24.8 Å². The standard InChI is InChI=1S/C20H28N2O4/c1-24-16-5-3-15(4-6-16)13-21-10-7-19-18(14-21)17(8-12-25-19)20(23)22-9-2-11-26-22/h3-6,17-19H,2,7-14H2,1H3/t17-,18+,19-/m1/s1. The van der Waals surface area contributed by atoms with Crippen molar-refractivity contribution >= 4 is 5.91 Å². The number of amides is 1. The van der Waals surface area contributed by atoms with Gasteiger partial charge in [0.2, 0.25) is 5.91 Å². The molecule has 3 aliphatic rings. The third-order valence-corrected chi connectivity index (χ3v) is 5.83. The molecule has 1 amide bonds. The SMILES string of the molecule is COc1ccc(CN2CC[C@H]3OCC[C@@H](C(=O)N4CCCO4)[C@@H]3C2)cc1. The smallest absolute Gasteiger partial charge is 0.249 e. The number of hydrogen-bond acceptors (Lipinski definition) is 5. The van der Waals surface area contributed by atoms with Gasteiger partial charge in [0.15, 0.2) is 0 Å². The lowest BCUT2D eigenvalue weighted by Gasteiger charge is -2.45. The maximum Gasteiger partial charge on any atom is 0.249 e. The van der Waals surface area contributed by atoms with Crippen LogP contribution in [-0.4, -0.2) is 61.9 Å². The van der Waals surface area contributed by atoms with Gasteiger partial charge in [-0.05, 0) is 37.0 Å². The van der Waals surface area contributed by atoms with Crippen molar-refractivity contribution in [2.45, 2.75) is 31.9 Å². The predicted octanol–water partition coefficient (Wildman–Crippen LogP) is 2.09. The van der Waals surface area contributed by atoms with Gasteiger partial charge < -0.3 is 9.47 Å². The summed E-state index contributed by atoms with van der Waals surface area (Å²) in [5.74, 6) is 1.31. The van der Waals surface area contributed by atoms with Crippen LogP contribution in [0.25, 0.3) is 0 Å². The van der Waals surface area contributed by atoms with Crippen LogP contribution in [0.3, 0.4) is 0 Å². The third-order valence-electron chi connectivity index (χ3n) is 5.83. The van der Waals surface area contributed by atoms with Gasteiger partial charge in [-0.15, -0.1) is 0 Å². The van der Waals surface area contributed by atoms with E-state index in [0.717, 1.165) is 51.2 Å². The number of fused-ring (bicyclic) bond motifs is 1. The zero-order valence-corrected chi connectivity index (χ0v) is 15.4. The van der Waals surface area contributed by atoms with Crippen LogP contribution in [0.4, 0.5) is 0 Å². The molecule has 0 N–H and O–H groups in total. The van der Waals surface area contributed by atoms with Gasteiger partial charge in [0.25, 0.3) is 0 Å². The molecule has 0 bridgehead atoms. The van der Waals surface area contributed by atoms with Gasteiger partial charge in [0.05, 0.1) is 26.4 Å². The van der Waals surface area contributed by atoms with Crippen molar-refractivity contribution in [3.8, 4) is 5.75 Å². The van der Waals surface area contributed by atoms with Gasteiger partial charge in [-0.1, -0.05) is 12.1 Å². The summed E-state index contributed by atoms with van der Waals surface area (Å²) in [5, 5.41) is 1.59. The summed E-state index contributed by atoms with van der Waals surface area (Å²) in [4.78, 5) is 20.9. The zero-order chi connectivity index (χ0) is 17.9. The number of ether oxygens (including phenoxy) is 2. The Balaban J connectivity index is 1.41. The molecule has 0 radical (unpaired) electrons. The van der Waals surface area contributed by atoms with Crippen LogP contribution in [0.5, 0.6) is 5.75 Å². The Morgan fingerprint density at radius 3 is 2.77 bits per heavy atom. The van der Waals surface area contributed by atoms with Gasteiger partial charge >= 0.3 is 0 Å². The van der Waals surface area contributed by atoms with Crippen molar-refractivity contribution in [2.75, 3.05) is 40.0 Å². The molecule has 3 fully saturated rings. The topological polar surface area (TPSA) is 51.2 Å². The van der Waals surface area contributed by atoms with Crippen LogP contribution >= 0.6 is 0 Å². The fourth-order valence-corrected chi connectivity index (χ4v) is 4.43. The number of piperidine rings is 1. The molecule has 0 aliphatic carbocycles. The third kappa shape index (κ3) is 3.72. The molecule has 3 saturated heterocycles. The predicted molar refractivity (Wildman–Crippen MR) is 96.5 cm³/mol. The van der Waals surface area contributed by atoms with Crippen LogP contribution in [-0.2, 0) is 20.9 Å². The van der Waals surface area contributed by atoms with Crippen LogP contribution < -0.4 is 4.74 Å². The van der Waals surface area contributed by atoms with Crippen molar-refractivity contribution in [3.63, 3.8) is 0 Å². The molecule has 142 valence electrons. The normalized spacial score (nSPS) is 29.4. The summed E-state index contributed by atoms with van der Waals surface area (Å²) in [7, 11) is 1.68. The van der Waals surface area contributed by atoms with Crippen LogP contribution in [0, 0.1) is 11.8 Å². The number of nitrogens with zero attached hydrogens (tertiary/aromatic N) is 2. The number of methoxy groups -OCH3 is 1. The summed E-state index contributed by atoms with van der Waals surface area (Å²) < 4.78 is 11.2. The first-order chi connectivity index (χ1) is 12.7. The lowest BCUT2D eigenvalue weighted by molar-refractivity contribution is -0.185. The Morgan fingerprint density at radius 2 is 2.04 bits per heavy atom. The minimum absolute atomic E-state index is 0.0190. The number of benzene rings is 1. The Bertz CT molecular complexity index is 615. The Hall–Kier alpha value is -1.63. The molecule has 6 nitrogen and oxygen atoms in total. The van der Waals surface area contributed by atoms with E-state index in [1.165, 1.54) is 5.56 Å². The highest BCUT2D eigenvalue weighted by Crippen LogP contribution is 2.35. The van der Waals surface area contributed by atoms with Crippen LogP contribution in [0.15, 0.2) is 24.3 Å². The number of hydroxylamine groups is 2. The molecular weight excluding hydrogens is 332 g/mol. The van der Waals surface area contributed by atoms with E-state index in [2.05, 4.69) is 17.0 Å². The first-order valence-electron chi connectivity index (χ1n) is 9.66. The van der Waals surface area contributed by atoms with Crippen molar-refractivity contribution in [2.24, 2.45) is 11.8 Å². The monoisotopic (exact) mass is 360 g/mol. The van der Waals surface area contributed by atoms with Crippen LogP contribution in [0.2, 0.25) is 0 Å². The molecule has 1 aromatic carbocycles. The second-order valence-electron chi connectivity index (χ2n) is 7.47. The summed E-state index contributed by atoms with van der Waals surface area (Å²) in [6.45, 7) is 4.88. The van der Waals surface area contributed by atoms with E-state index in [4.69, 9.17) is 14.3 Å². The average Bonchev–Trinajstić information content (AvgIpc) is 3.22. The average molecular weight is 360 g/mol. The molecule has 26 heavy (non-hydrogen) atoms.